The number of hydrogen-bond acceptors (Lipinski definition) is 3. The molecule has 0 heterocycles. The average molecular weight is 271 g/mol. The van der Waals surface area contributed by atoms with Gasteiger partial charge in [-0.05, 0) is 42.3 Å². The summed E-state index contributed by atoms with van der Waals surface area (Å²) in [5.41, 5.74) is 2.46. The summed E-state index contributed by atoms with van der Waals surface area (Å²) in [7, 11) is 3.40. The molecule has 106 valence electrons. The minimum absolute atomic E-state index is 0.840. The molecule has 0 bridgehead atoms. The van der Waals surface area contributed by atoms with Crippen LogP contribution in [0, 0.1) is 0 Å². The number of benzene rings is 2. The summed E-state index contributed by atoms with van der Waals surface area (Å²) in [5, 5.41) is 3.44. The second-order valence-corrected chi connectivity index (χ2v) is 4.59. The molecule has 0 aliphatic heterocycles. The zero-order valence-corrected chi connectivity index (χ0v) is 12.1. The van der Waals surface area contributed by atoms with Crippen LogP contribution in [0.15, 0.2) is 48.5 Å². The van der Waals surface area contributed by atoms with Crippen LogP contribution >= 0.6 is 0 Å². The van der Waals surface area contributed by atoms with Gasteiger partial charge in [-0.25, -0.2) is 0 Å². The summed E-state index contributed by atoms with van der Waals surface area (Å²) in [6.07, 6.45) is 0.952. The minimum atomic E-state index is 0.840. The van der Waals surface area contributed by atoms with E-state index in [-0.39, 0.29) is 0 Å². The van der Waals surface area contributed by atoms with Gasteiger partial charge in [-0.1, -0.05) is 30.3 Å². The molecule has 2 aromatic carbocycles. The van der Waals surface area contributed by atoms with Crippen molar-refractivity contribution >= 4 is 0 Å². The van der Waals surface area contributed by atoms with Gasteiger partial charge in [0.05, 0.1) is 14.2 Å². The van der Waals surface area contributed by atoms with E-state index in [0.717, 1.165) is 31.0 Å². The first-order valence-corrected chi connectivity index (χ1v) is 6.79. The Labute approximate surface area is 120 Å². The molecular formula is C17H21NO2. The maximum atomic E-state index is 5.35. The Bertz CT molecular complexity index is 540. The maximum Gasteiger partial charge on any atom is 0.122 e. The van der Waals surface area contributed by atoms with Crippen molar-refractivity contribution in [2.45, 2.75) is 13.0 Å². The van der Waals surface area contributed by atoms with Gasteiger partial charge in [0.15, 0.2) is 0 Å². The third kappa shape index (κ3) is 4.00. The first kappa shape index (κ1) is 14.4. The molecule has 0 saturated carbocycles. The van der Waals surface area contributed by atoms with Crippen molar-refractivity contribution in [3.8, 4) is 11.5 Å². The SMILES string of the molecule is COc1cccc(CNCCc2ccccc2OC)c1. The van der Waals surface area contributed by atoms with Gasteiger partial charge in [-0.15, -0.1) is 0 Å². The highest BCUT2D eigenvalue weighted by atomic mass is 16.5. The van der Waals surface area contributed by atoms with Crippen LogP contribution in [0.1, 0.15) is 11.1 Å². The molecule has 1 N–H and O–H groups in total. The molecule has 0 spiro atoms. The lowest BCUT2D eigenvalue weighted by Crippen LogP contribution is -2.16. The second-order valence-electron chi connectivity index (χ2n) is 4.59. The Kier molecular flexibility index (Phi) is 5.44. The number of methoxy groups -OCH3 is 2. The molecule has 2 aromatic rings. The third-order valence-electron chi connectivity index (χ3n) is 3.23. The number of ether oxygens (including phenoxy) is 2. The molecule has 0 radical (unpaired) electrons. The van der Waals surface area contributed by atoms with E-state index in [9.17, 15) is 0 Å². The van der Waals surface area contributed by atoms with Crippen molar-refractivity contribution in [3.05, 3.63) is 59.7 Å². The molecule has 0 atom stereocenters. The molecule has 0 aliphatic rings. The Morgan fingerprint density at radius 2 is 1.80 bits per heavy atom. The summed E-state index contributed by atoms with van der Waals surface area (Å²) in [6.45, 7) is 1.75. The van der Waals surface area contributed by atoms with Gasteiger partial charge >= 0.3 is 0 Å². The van der Waals surface area contributed by atoms with Gasteiger partial charge in [0, 0.05) is 6.54 Å². The molecular weight excluding hydrogens is 250 g/mol. The highest BCUT2D eigenvalue weighted by Gasteiger charge is 2.01. The van der Waals surface area contributed by atoms with Crippen LogP contribution in [-0.2, 0) is 13.0 Å². The van der Waals surface area contributed by atoms with Crippen molar-refractivity contribution in [2.75, 3.05) is 20.8 Å². The average Bonchev–Trinajstić information content (AvgIpc) is 2.52. The molecule has 3 heteroatoms. The number of para-hydroxylation sites is 1. The van der Waals surface area contributed by atoms with E-state index in [1.165, 1.54) is 11.1 Å². The predicted octanol–water partition coefficient (Wildman–Crippen LogP) is 3.04. The standard InChI is InChI=1S/C17H21NO2/c1-19-16-8-5-6-14(12-16)13-18-11-10-15-7-3-4-9-17(15)20-2/h3-9,12,18H,10-11,13H2,1-2H3. The van der Waals surface area contributed by atoms with Gasteiger partial charge in [0.2, 0.25) is 0 Å². The zero-order valence-electron chi connectivity index (χ0n) is 12.1. The monoisotopic (exact) mass is 271 g/mol. The van der Waals surface area contributed by atoms with Crippen molar-refractivity contribution in [1.82, 2.24) is 5.32 Å². The zero-order chi connectivity index (χ0) is 14.2. The van der Waals surface area contributed by atoms with Gasteiger partial charge in [-0.3, -0.25) is 0 Å². The second kappa shape index (κ2) is 7.56. The van der Waals surface area contributed by atoms with E-state index in [4.69, 9.17) is 9.47 Å². The van der Waals surface area contributed by atoms with E-state index in [1.807, 2.05) is 30.3 Å². The van der Waals surface area contributed by atoms with Crippen molar-refractivity contribution in [2.24, 2.45) is 0 Å². The fraction of sp³-hybridized carbons (Fsp3) is 0.294. The molecule has 2 rings (SSSR count). The summed E-state index contributed by atoms with van der Waals surface area (Å²) in [6, 6.07) is 16.2. The van der Waals surface area contributed by atoms with Crippen LogP contribution in [0.25, 0.3) is 0 Å². The Morgan fingerprint density at radius 3 is 2.60 bits per heavy atom. The van der Waals surface area contributed by atoms with Gasteiger partial charge < -0.3 is 14.8 Å². The fourth-order valence-electron chi connectivity index (χ4n) is 2.15. The van der Waals surface area contributed by atoms with Crippen LogP contribution in [0.5, 0.6) is 11.5 Å². The number of rotatable bonds is 7. The van der Waals surface area contributed by atoms with E-state index >= 15 is 0 Å². The third-order valence-corrected chi connectivity index (χ3v) is 3.23. The highest BCUT2D eigenvalue weighted by molar-refractivity contribution is 5.33. The number of hydrogen-bond donors (Lipinski definition) is 1. The van der Waals surface area contributed by atoms with Crippen molar-refractivity contribution in [3.63, 3.8) is 0 Å². The summed E-state index contributed by atoms with van der Waals surface area (Å²) < 4.78 is 10.6. The van der Waals surface area contributed by atoms with Gasteiger partial charge in [-0.2, -0.15) is 0 Å². The molecule has 3 nitrogen and oxygen atoms in total. The largest absolute Gasteiger partial charge is 0.497 e. The van der Waals surface area contributed by atoms with Gasteiger partial charge in [0.25, 0.3) is 0 Å². The quantitative estimate of drug-likeness (QED) is 0.785. The number of nitrogens with one attached hydrogen (secondary N) is 1. The van der Waals surface area contributed by atoms with E-state index in [0.29, 0.717) is 0 Å². The molecule has 0 saturated heterocycles. The summed E-state index contributed by atoms with van der Waals surface area (Å²) in [4.78, 5) is 0. The fourth-order valence-corrected chi connectivity index (χ4v) is 2.15. The first-order chi connectivity index (χ1) is 9.83. The van der Waals surface area contributed by atoms with Crippen LogP contribution in [-0.4, -0.2) is 20.8 Å². The Hall–Kier alpha value is -2.00. The first-order valence-electron chi connectivity index (χ1n) is 6.79. The molecule has 0 aromatic heterocycles. The van der Waals surface area contributed by atoms with Crippen LogP contribution < -0.4 is 14.8 Å². The lowest BCUT2D eigenvalue weighted by molar-refractivity contribution is 0.409. The van der Waals surface area contributed by atoms with Crippen molar-refractivity contribution < 1.29 is 9.47 Å². The van der Waals surface area contributed by atoms with Crippen LogP contribution in [0.2, 0.25) is 0 Å². The Morgan fingerprint density at radius 1 is 0.950 bits per heavy atom. The van der Waals surface area contributed by atoms with Crippen molar-refractivity contribution in [1.29, 1.82) is 0 Å². The molecule has 0 aliphatic carbocycles. The van der Waals surface area contributed by atoms with E-state index in [2.05, 4.69) is 23.5 Å². The highest BCUT2D eigenvalue weighted by Crippen LogP contribution is 2.17. The normalized spacial score (nSPS) is 10.3. The Balaban J connectivity index is 1.81. The molecule has 0 unspecified atom stereocenters. The maximum absolute atomic E-state index is 5.35. The van der Waals surface area contributed by atoms with Crippen LogP contribution in [0.4, 0.5) is 0 Å². The lowest BCUT2D eigenvalue weighted by Gasteiger charge is -2.09. The summed E-state index contributed by atoms with van der Waals surface area (Å²) in [5.74, 6) is 1.85. The lowest BCUT2D eigenvalue weighted by atomic mass is 10.1. The predicted molar refractivity (Wildman–Crippen MR) is 81.4 cm³/mol. The smallest absolute Gasteiger partial charge is 0.122 e. The van der Waals surface area contributed by atoms with E-state index < -0.39 is 0 Å². The minimum Gasteiger partial charge on any atom is -0.497 e. The van der Waals surface area contributed by atoms with E-state index in [1.54, 1.807) is 14.2 Å². The summed E-state index contributed by atoms with van der Waals surface area (Å²) >= 11 is 0. The molecule has 20 heavy (non-hydrogen) atoms. The topological polar surface area (TPSA) is 30.5 Å². The molecule has 0 amide bonds. The van der Waals surface area contributed by atoms with Gasteiger partial charge in [0.1, 0.15) is 11.5 Å². The van der Waals surface area contributed by atoms with Crippen LogP contribution in [0.3, 0.4) is 0 Å². The molecule has 0 fully saturated rings.